The second-order valence-electron chi connectivity index (χ2n) is 4.14. The average molecular weight is 277 g/mol. The highest BCUT2D eigenvalue weighted by molar-refractivity contribution is 7.71. The van der Waals surface area contributed by atoms with E-state index in [4.69, 9.17) is 12.2 Å². The summed E-state index contributed by atoms with van der Waals surface area (Å²) in [6, 6.07) is 5.16. The Bertz CT molecular complexity index is 807. The van der Waals surface area contributed by atoms with Crippen LogP contribution < -0.4 is 0 Å². The van der Waals surface area contributed by atoms with Gasteiger partial charge < -0.3 is 9.55 Å². The van der Waals surface area contributed by atoms with Crippen LogP contribution in [0, 0.1) is 16.4 Å². The molecule has 0 amide bonds. The summed E-state index contributed by atoms with van der Waals surface area (Å²) >= 11 is 5.19. The summed E-state index contributed by atoms with van der Waals surface area (Å²) in [7, 11) is 0. The quantitative estimate of drug-likeness (QED) is 0.728. The summed E-state index contributed by atoms with van der Waals surface area (Å²) in [5.74, 6) is -0.920. The van der Waals surface area contributed by atoms with E-state index < -0.39 is 11.6 Å². The van der Waals surface area contributed by atoms with Crippen molar-refractivity contribution in [1.29, 1.82) is 0 Å². The molecule has 0 atom stereocenters. The molecule has 96 valence electrons. The number of benzene rings is 1. The van der Waals surface area contributed by atoms with Crippen molar-refractivity contribution < 1.29 is 8.78 Å². The lowest BCUT2D eigenvalue weighted by molar-refractivity contribution is 0.578. The zero-order chi connectivity index (χ0) is 13.4. The number of aromatic nitrogens is 3. The van der Waals surface area contributed by atoms with Crippen LogP contribution in [0.25, 0.3) is 11.0 Å². The van der Waals surface area contributed by atoms with E-state index in [1.54, 1.807) is 23.0 Å². The molecule has 2 heterocycles. The van der Waals surface area contributed by atoms with E-state index in [-0.39, 0.29) is 12.1 Å². The van der Waals surface area contributed by atoms with Gasteiger partial charge in [0.2, 0.25) is 0 Å². The number of fused-ring (bicyclic) bond motifs is 1. The molecule has 1 N–H and O–H groups in total. The van der Waals surface area contributed by atoms with Gasteiger partial charge in [0.25, 0.3) is 0 Å². The van der Waals surface area contributed by atoms with E-state index in [0.717, 1.165) is 23.2 Å². The lowest BCUT2D eigenvalue weighted by atomic mass is 10.2. The van der Waals surface area contributed by atoms with Gasteiger partial charge in [-0.2, -0.15) is 0 Å². The molecule has 0 aliphatic heterocycles. The van der Waals surface area contributed by atoms with Crippen LogP contribution >= 0.6 is 12.2 Å². The lowest BCUT2D eigenvalue weighted by Gasteiger charge is -2.06. The Balaban J connectivity index is 2.13. The maximum absolute atomic E-state index is 13.7. The minimum absolute atomic E-state index is 0.173. The van der Waals surface area contributed by atoms with Crippen LogP contribution in [0.1, 0.15) is 5.56 Å². The largest absolute Gasteiger partial charge is 0.329 e. The smallest absolute Gasteiger partial charge is 0.178 e. The number of hydrogen-bond donors (Lipinski definition) is 1. The third kappa shape index (κ3) is 2.15. The van der Waals surface area contributed by atoms with Crippen LogP contribution in [0.2, 0.25) is 0 Å². The minimum Gasteiger partial charge on any atom is -0.329 e. The van der Waals surface area contributed by atoms with E-state index in [1.165, 1.54) is 6.07 Å². The molecular formula is C13H9F2N3S. The number of pyridine rings is 1. The first kappa shape index (κ1) is 12.0. The van der Waals surface area contributed by atoms with Crippen molar-refractivity contribution in [3.05, 3.63) is 58.6 Å². The molecule has 6 heteroatoms. The molecule has 0 fully saturated rings. The number of halogens is 2. The predicted octanol–water partition coefficient (Wildman–Crippen LogP) is 3.42. The van der Waals surface area contributed by atoms with E-state index >= 15 is 0 Å². The summed E-state index contributed by atoms with van der Waals surface area (Å²) in [6.45, 7) is 0.173. The van der Waals surface area contributed by atoms with E-state index in [2.05, 4.69) is 9.97 Å². The number of nitrogens with one attached hydrogen (secondary N) is 1. The molecule has 0 unspecified atom stereocenters. The zero-order valence-corrected chi connectivity index (χ0v) is 10.5. The maximum atomic E-state index is 13.7. The monoisotopic (exact) mass is 277 g/mol. The van der Waals surface area contributed by atoms with Crippen molar-refractivity contribution in [1.82, 2.24) is 14.5 Å². The van der Waals surface area contributed by atoms with Gasteiger partial charge in [0.05, 0.1) is 23.8 Å². The predicted molar refractivity (Wildman–Crippen MR) is 70.4 cm³/mol. The Morgan fingerprint density at radius 1 is 1.26 bits per heavy atom. The molecule has 0 bridgehead atoms. The van der Waals surface area contributed by atoms with Crippen molar-refractivity contribution in [2.24, 2.45) is 0 Å². The second-order valence-corrected chi connectivity index (χ2v) is 4.53. The van der Waals surface area contributed by atoms with Gasteiger partial charge in [-0.05, 0) is 36.5 Å². The van der Waals surface area contributed by atoms with Gasteiger partial charge in [0, 0.05) is 11.8 Å². The normalized spacial score (nSPS) is 11.1. The van der Waals surface area contributed by atoms with Crippen LogP contribution in [0.15, 0.2) is 36.7 Å². The van der Waals surface area contributed by atoms with Crippen molar-refractivity contribution in [3.63, 3.8) is 0 Å². The van der Waals surface area contributed by atoms with Gasteiger partial charge in [0.1, 0.15) is 11.6 Å². The first-order chi connectivity index (χ1) is 9.15. The zero-order valence-electron chi connectivity index (χ0n) is 9.73. The fraction of sp³-hybridized carbons (Fsp3) is 0.0769. The topological polar surface area (TPSA) is 33.6 Å². The first-order valence-electron chi connectivity index (χ1n) is 5.61. The summed E-state index contributed by atoms with van der Waals surface area (Å²) in [5.41, 5.74) is 1.83. The van der Waals surface area contributed by atoms with Gasteiger partial charge in [-0.25, -0.2) is 8.78 Å². The molecule has 0 aliphatic carbocycles. The van der Waals surface area contributed by atoms with Gasteiger partial charge in [-0.3, -0.25) is 4.98 Å². The standard InChI is InChI=1S/C13H9F2N3S/c14-9-1-2-10(15)8(5-9)7-18-12-3-4-16-6-11(12)17-13(18)19/h1-6H,7H2,(H,17,19). The third-order valence-corrected chi connectivity index (χ3v) is 3.23. The summed E-state index contributed by atoms with van der Waals surface area (Å²) < 4.78 is 29.0. The molecule has 3 rings (SSSR count). The minimum atomic E-state index is -0.468. The molecule has 0 saturated heterocycles. The van der Waals surface area contributed by atoms with E-state index in [0.29, 0.717) is 4.77 Å². The summed E-state index contributed by atoms with van der Waals surface area (Å²) in [5, 5.41) is 0. The van der Waals surface area contributed by atoms with Crippen LogP contribution in [0.5, 0.6) is 0 Å². The Labute approximate surface area is 112 Å². The summed E-state index contributed by atoms with van der Waals surface area (Å²) in [6.07, 6.45) is 3.27. The third-order valence-electron chi connectivity index (χ3n) is 2.91. The van der Waals surface area contributed by atoms with Crippen LogP contribution in [-0.2, 0) is 6.54 Å². The van der Waals surface area contributed by atoms with E-state index in [1.807, 2.05) is 0 Å². The molecule has 1 aromatic carbocycles. The highest BCUT2D eigenvalue weighted by Gasteiger charge is 2.09. The number of imidazole rings is 1. The van der Waals surface area contributed by atoms with E-state index in [9.17, 15) is 8.78 Å². The van der Waals surface area contributed by atoms with Gasteiger partial charge in [-0.1, -0.05) is 0 Å². The Morgan fingerprint density at radius 3 is 2.95 bits per heavy atom. The lowest BCUT2D eigenvalue weighted by Crippen LogP contribution is -2.02. The molecule has 19 heavy (non-hydrogen) atoms. The molecule has 0 saturated carbocycles. The summed E-state index contributed by atoms with van der Waals surface area (Å²) in [4.78, 5) is 6.96. The van der Waals surface area contributed by atoms with Crippen molar-refractivity contribution in [2.75, 3.05) is 0 Å². The number of nitrogens with zero attached hydrogens (tertiary/aromatic N) is 2. The Morgan fingerprint density at radius 2 is 2.11 bits per heavy atom. The highest BCUT2D eigenvalue weighted by atomic mass is 32.1. The molecule has 0 radical (unpaired) electrons. The van der Waals surface area contributed by atoms with Crippen LogP contribution in [0.4, 0.5) is 8.78 Å². The fourth-order valence-corrected chi connectivity index (χ4v) is 2.28. The SMILES string of the molecule is Fc1ccc(F)c(Cn2c(=S)[nH]c3cnccc32)c1. The van der Waals surface area contributed by atoms with Crippen LogP contribution in [0.3, 0.4) is 0 Å². The average Bonchev–Trinajstić information content (AvgIpc) is 2.71. The molecule has 3 nitrogen and oxygen atoms in total. The van der Waals surface area contributed by atoms with Gasteiger partial charge >= 0.3 is 0 Å². The number of aromatic amines is 1. The van der Waals surface area contributed by atoms with Crippen molar-refractivity contribution in [3.8, 4) is 0 Å². The fourth-order valence-electron chi connectivity index (χ4n) is 2.00. The molecular weight excluding hydrogens is 268 g/mol. The number of hydrogen-bond acceptors (Lipinski definition) is 2. The molecule has 3 aromatic rings. The maximum Gasteiger partial charge on any atom is 0.178 e. The molecule has 0 aliphatic rings. The molecule has 2 aromatic heterocycles. The highest BCUT2D eigenvalue weighted by Crippen LogP contribution is 2.17. The number of H-pyrrole nitrogens is 1. The Hall–Kier alpha value is -2.08. The van der Waals surface area contributed by atoms with Gasteiger partial charge in [0.15, 0.2) is 4.77 Å². The van der Waals surface area contributed by atoms with Gasteiger partial charge in [-0.15, -0.1) is 0 Å². The van der Waals surface area contributed by atoms with Crippen molar-refractivity contribution >= 4 is 23.3 Å². The second kappa shape index (κ2) is 4.55. The Kier molecular flexibility index (Phi) is 2.87. The first-order valence-corrected chi connectivity index (χ1v) is 6.02. The molecule has 0 spiro atoms. The van der Waals surface area contributed by atoms with Crippen LogP contribution in [-0.4, -0.2) is 14.5 Å². The van der Waals surface area contributed by atoms with Crippen molar-refractivity contribution in [2.45, 2.75) is 6.54 Å². The number of rotatable bonds is 2.